The number of imide groups is 1. The summed E-state index contributed by atoms with van der Waals surface area (Å²) in [5.41, 5.74) is 0.429. The zero-order valence-electron chi connectivity index (χ0n) is 15.9. The SMILES string of the molecule is O=C1CC(N(Cc2cccs2)S(=O)(=O)c2ccc(Cl)cc2)C(=O)N1c1ccc(I)cc1. The molecule has 2 heterocycles. The molecule has 0 radical (unpaired) electrons. The zero-order valence-corrected chi connectivity index (χ0v) is 20.5. The second-order valence-electron chi connectivity index (χ2n) is 6.85. The van der Waals surface area contributed by atoms with Gasteiger partial charge in [0.2, 0.25) is 15.9 Å². The molecule has 2 aromatic carbocycles. The predicted molar refractivity (Wildman–Crippen MR) is 129 cm³/mol. The summed E-state index contributed by atoms with van der Waals surface area (Å²) in [6.45, 7) is -0.00710. The smallest absolute Gasteiger partial charge is 0.252 e. The van der Waals surface area contributed by atoms with Gasteiger partial charge in [0, 0.05) is 20.0 Å². The molecule has 1 aromatic heterocycles. The number of rotatable bonds is 6. The first-order valence-corrected chi connectivity index (χ1v) is 13.0. The van der Waals surface area contributed by atoms with E-state index >= 15 is 0 Å². The van der Waals surface area contributed by atoms with Crippen LogP contribution in [0.25, 0.3) is 0 Å². The molecule has 0 bridgehead atoms. The first-order chi connectivity index (χ1) is 14.8. The van der Waals surface area contributed by atoms with E-state index in [-0.39, 0.29) is 17.9 Å². The van der Waals surface area contributed by atoms with Gasteiger partial charge in [-0.15, -0.1) is 11.3 Å². The van der Waals surface area contributed by atoms with Crippen molar-refractivity contribution in [3.05, 3.63) is 79.5 Å². The molecule has 3 aromatic rings. The van der Waals surface area contributed by atoms with Gasteiger partial charge in [0.15, 0.2) is 0 Å². The third-order valence-corrected chi connectivity index (χ3v) is 8.57. The van der Waals surface area contributed by atoms with E-state index in [9.17, 15) is 18.0 Å². The number of hydrogen-bond donors (Lipinski definition) is 0. The fourth-order valence-electron chi connectivity index (χ4n) is 3.36. The molecule has 1 fully saturated rings. The fraction of sp³-hybridized carbons (Fsp3) is 0.143. The number of hydrogen-bond acceptors (Lipinski definition) is 5. The van der Waals surface area contributed by atoms with E-state index in [0.717, 1.165) is 17.7 Å². The summed E-state index contributed by atoms with van der Waals surface area (Å²) in [6.07, 6.45) is -0.219. The number of thiophene rings is 1. The lowest BCUT2D eigenvalue weighted by molar-refractivity contribution is -0.122. The minimum atomic E-state index is -4.07. The molecule has 0 spiro atoms. The van der Waals surface area contributed by atoms with Crippen molar-refractivity contribution in [2.45, 2.75) is 23.9 Å². The van der Waals surface area contributed by atoms with Crippen LogP contribution in [0, 0.1) is 3.57 Å². The molecule has 1 aliphatic rings. The summed E-state index contributed by atoms with van der Waals surface area (Å²) in [7, 11) is -4.07. The standard InChI is InChI=1S/C21H16ClIN2O4S2/c22-14-3-9-18(10-4-14)31(28,29)24(13-17-2-1-11-30-17)19-12-20(26)25(21(19)27)16-7-5-15(23)6-8-16/h1-11,19H,12-13H2. The van der Waals surface area contributed by atoms with Crippen molar-refractivity contribution in [2.24, 2.45) is 0 Å². The van der Waals surface area contributed by atoms with E-state index in [4.69, 9.17) is 11.6 Å². The number of carbonyl (C=O) groups excluding carboxylic acids is 2. The van der Waals surface area contributed by atoms with Gasteiger partial charge in [0.1, 0.15) is 6.04 Å². The van der Waals surface area contributed by atoms with Gasteiger partial charge in [-0.3, -0.25) is 9.59 Å². The molecule has 1 saturated heterocycles. The Morgan fingerprint density at radius 1 is 1.06 bits per heavy atom. The minimum absolute atomic E-state index is 0.00710. The zero-order chi connectivity index (χ0) is 22.2. The van der Waals surface area contributed by atoms with E-state index in [1.165, 1.54) is 35.6 Å². The molecule has 160 valence electrons. The van der Waals surface area contributed by atoms with Crippen LogP contribution in [-0.4, -0.2) is 30.6 Å². The second kappa shape index (κ2) is 8.99. The Hall–Kier alpha value is -1.79. The highest BCUT2D eigenvalue weighted by Gasteiger charge is 2.47. The maximum atomic E-state index is 13.5. The monoisotopic (exact) mass is 586 g/mol. The Morgan fingerprint density at radius 3 is 2.35 bits per heavy atom. The molecule has 10 heteroatoms. The van der Waals surface area contributed by atoms with Crippen LogP contribution in [0.4, 0.5) is 5.69 Å². The van der Waals surface area contributed by atoms with Crippen molar-refractivity contribution in [1.82, 2.24) is 4.31 Å². The third kappa shape index (κ3) is 4.56. The Balaban J connectivity index is 1.73. The lowest BCUT2D eigenvalue weighted by atomic mass is 10.2. The van der Waals surface area contributed by atoms with E-state index in [1.54, 1.807) is 30.3 Å². The summed E-state index contributed by atoms with van der Waals surface area (Å²) < 4.78 is 29.1. The normalized spacial score (nSPS) is 17.0. The number of benzene rings is 2. The highest BCUT2D eigenvalue weighted by molar-refractivity contribution is 14.1. The van der Waals surface area contributed by atoms with Gasteiger partial charge in [-0.1, -0.05) is 17.7 Å². The van der Waals surface area contributed by atoms with Crippen molar-refractivity contribution in [3.8, 4) is 0 Å². The topological polar surface area (TPSA) is 74.8 Å². The van der Waals surface area contributed by atoms with Crippen molar-refractivity contribution in [3.63, 3.8) is 0 Å². The van der Waals surface area contributed by atoms with Crippen LogP contribution in [0.5, 0.6) is 0 Å². The Kier molecular flexibility index (Phi) is 6.50. The Bertz CT molecular complexity index is 1210. The van der Waals surface area contributed by atoms with Gasteiger partial charge in [-0.05, 0) is 82.6 Å². The van der Waals surface area contributed by atoms with Crippen LogP contribution < -0.4 is 4.90 Å². The quantitative estimate of drug-likeness (QED) is 0.314. The first kappa shape index (κ1) is 22.4. The molecular formula is C21H16ClIN2O4S2. The van der Waals surface area contributed by atoms with Crippen LogP contribution in [-0.2, 0) is 26.2 Å². The molecule has 4 rings (SSSR count). The van der Waals surface area contributed by atoms with Gasteiger partial charge < -0.3 is 0 Å². The number of carbonyl (C=O) groups is 2. The largest absolute Gasteiger partial charge is 0.274 e. The molecule has 0 saturated carbocycles. The first-order valence-electron chi connectivity index (χ1n) is 9.19. The van der Waals surface area contributed by atoms with Crippen LogP contribution in [0.15, 0.2) is 70.9 Å². The predicted octanol–water partition coefficient (Wildman–Crippen LogP) is 4.53. The van der Waals surface area contributed by atoms with Gasteiger partial charge in [0.05, 0.1) is 17.0 Å². The molecule has 2 amide bonds. The number of nitrogens with zero attached hydrogens (tertiary/aromatic N) is 2. The highest BCUT2D eigenvalue weighted by atomic mass is 127. The molecule has 0 N–H and O–H groups in total. The fourth-order valence-corrected chi connectivity index (χ4v) is 6.19. The van der Waals surface area contributed by atoms with Crippen molar-refractivity contribution < 1.29 is 18.0 Å². The lowest BCUT2D eigenvalue weighted by Crippen LogP contribution is -2.44. The van der Waals surface area contributed by atoms with Crippen molar-refractivity contribution in [2.75, 3.05) is 4.90 Å². The molecule has 31 heavy (non-hydrogen) atoms. The minimum Gasteiger partial charge on any atom is -0.274 e. The molecule has 1 atom stereocenters. The summed E-state index contributed by atoms with van der Waals surface area (Å²) >= 11 is 9.43. The summed E-state index contributed by atoms with van der Waals surface area (Å²) in [5.74, 6) is -0.987. The van der Waals surface area contributed by atoms with Crippen molar-refractivity contribution in [1.29, 1.82) is 0 Å². The van der Waals surface area contributed by atoms with Crippen LogP contribution >= 0.6 is 45.5 Å². The summed E-state index contributed by atoms with van der Waals surface area (Å²) in [4.78, 5) is 27.9. The van der Waals surface area contributed by atoms with Gasteiger partial charge >= 0.3 is 0 Å². The number of amides is 2. The highest BCUT2D eigenvalue weighted by Crippen LogP contribution is 2.31. The van der Waals surface area contributed by atoms with Gasteiger partial charge in [-0.2, -0.15) is 4.31 Å². The second-order valence-corrected chi connectivity index (χ2v) is 11.5. The van der Waals surface area contributed by atoms with Crippen LogP contribution in [0.3, 0.4) is 0 Å². The average molecular weight is 587 g/mol. The molecule has 6 nitrogen and oxygen atoms in total. The number of sulfonamides is 1. The number of anilines is 1. The molecule has 1 aliphatic heterocycles. The molecule has 0 aliphatic carbocycles. The summed E-state index contributed by atoms with van der Waals surface area (Å²) in [6, 6.07) is 15.2. The van der Waals surface area contributed by atoms with Crippen LogP contribution in [0.1, 0.15) is 11.3 Å². The third-order valence-electron chi connectivity index (χ3n) is 4.87. The maximum absolute atomic E-state index is 13.5. The van der Waals surface area contributed by atoms with E-state index in [1.807, 2.05) is 11.4 Å². The molecule has 1 unspecified atom stereocenters. The van der Waals surface area contributed by atoms with Gasteiger partial charge in [0.25, 0.3) is 5.91 Å². The Morgan fingerprint density at radius 2 is 1.74 bits per heavy atom. The number of halogens is 2. The van der Waals surface area contributed by atoms with Crippen LogP contribution in [0.2, 0.25) is 5.02 Å². The van der Waals surface area contributed by atoms with E-state index in [0.29, 0.717) is 10.7 Å². The van der Waals surface area contributed by atoms with Gasteiger partial charge in [-0.25, -0.2) is 13.3 Å². The summed E-state index contributed by atoms with van der Waals surface area (Å²) in [5, 5.41) is 2.24. The average Bonchev–Trinajstić information content (AvgIpc) is 3.35. The Labute approximate surface area is 202 Å². The maximum Gasteiger partial charge on any atom is 0.252 e. The lowest BCUT2D eigenvalue weighted by Gasteiger charge is -2.26. The van der Waals surface area contributed by atoms with E-state index in [2.05, 4.69) is 22.6 Å². The molecular weight excluding hydrogens is 571 g/mol. The van der Waals surface area contributed by atoms with E-state index < -0.39 is 27.9 Å². The van der Waals surface area contributed by atoms with Crippen molar-refractivity contribution >= 4 is 73.1 Å².